The van der Waals surface area contributed by atoms with Gasteiger partial charge in [-0.15, -0.1) is 0 Å². The molecule has 2 heterocycles. The van der Waals surface area contributed by atoms with E-state index in [9.17, 15) is 0 Å². The molecule has 0 N–H and O–H groups in total. The Kier molecular flexibility index (Phi) is 1.56. The number of fused-ring (bicyclic) bond motifs is 1. The number of rotatable bonds is 1. The molecular weight excluding hydrogens is 168 g/mol. The Morgan fingerprint density at radius 1 is 1.08 bits per heavy atom. The second-order valence-electron chi connectivity index (χ2n) is 4.75. The van der Waals surface area contributed by atoms with Crippen LogP contribution < -0.4 is 0 Å². The fourth-order valence-electron chi connectivity index (χ4n) is 2.67. The molecule has 0 aromatic carbocycles. The Morgan fingerprint density at radius 3 is 2.54 bits per heavy atom. The lowest BCUT2D eigenvalue weighted by Crippen LogP contribution is -2.28. The van der Waals surface area contributed by atoms with Crippen molar-refractivity contribution in [2.24, 2.45) is 5.92 Å². The molecule has 3 fully saturated rings. The van der Waals surface area contributed by atoms with Crippen molar-refractivity contribution in [1.29, 1.82) is 0 Å². The zero-order valence-electron chi connectivity index (χ0n) is 8.16. The summed E-state index contributed by atoms with van der Waals surface area (Å²) >= 11 is 0. The molecule has 2 saturated heterocycles. The molecule has 2 aliphatic heterocycles. The quantitative estimate of drug-likeness (QED) is 0.576. The van der Waals surface area contributed by atoms with Crippen LogP contribution in [0, 0.1) is 5.92 Å². The highest BCUT2D eigenvalue weighted by molar-refractivity contribution is 4.98. The molecule has 0 spiro atoms. The van der Waals surface area contributed by atoms with Crippen molar-refractivity contribution in [3.63, 3.8) is 0 Å². The fourth-order valence-corrected chi connectivity index (χ4v) is 2.67. The number of hydrogen-bond acceptors (Lipinski definition) is 3. The van der Waals surface area contributed by atoms with Crippen molar-refractivity contribution < 1.29 is 14.2 Å². The van der Waals surface area contributed by atoms with Crippen LogP contribution in [0.5, 0.6) is 0 Å². The third kappa shape index (κ3) is 1.30. The summed E-state index contributed by atoms with van der Waals surface area (Å²) < 4.78 is 17.0. The van der Waals surface area contributed by atoms with Gasteiger partial charge in [0.15, 0.2) is 5.79 Å². The Morgan fingerprint density at radius 2 is 1.85 bits per heavy atom. The van der Waals surface area contributed by atoms with E-state index in [0.29, 0.717) is 24.2 Å². The summed E-state index contributed by atoms with van der Waals surface area (Å²) in [4.78, 5) is 0. The first-order chi connectivity index (χ1) is 6.16. The molecule has 74 valence electrons. The van der Waals surface area contributed by atoms with Crippen LogP contribution in [0.3, 0.4) is 0 Å². The molecule has 3 heteroatoms. The molecular formula is C10H16O3. The molecule has 1 saturated carbocycles. The van der Waals surface area contributed by atoms with E-state index in [0.717, 1.165) is 13.0 Å². The smallest absolute Gasteiger partial charge is 0.163 e. The third-order valence-corrected chi connectivity index (χ3v) is 3.26. The predicted octanol–water partition coefficient (Wildman–Crippen LogP) is 1.32. The van der Waals surface area contributed by atoms with Crippen LogP contribution in [-0.2, 0) is 14.2 Å². The topological polar surface area (TPSA) is 31.0 Å². The van der Waals surface area contributed by atoms with Crippen LogP contribution >= 0.6 is 0 Å². The van der Waals surface area contributed by atoms with Gasteiger partial charge in [0.25, 0.3) is 0 Å². The van der Waals surface area contributed by atoms with Gasteiger partial charge in [0.2, 0.25) is 0 Å². The van der Waals surface area contributed by atoms with E-state index < -0.39 is 0 Å². The highest BCUT2D eigenvalue weighted by atomic mass is 16.8. The normalized spacial score (nSPS) is 52.2. The summed E-state index contributed by atoms with van der Waals surface area (Å²) in [5.74, 6) is 0.217. The van der Waals surface area contributed by atoms with Crippen LogP contribution in [-0.4, -0.2) is 30.7 Å². The van der Waals surface area contributed by atoms with Gasteiger partial charge < -0.3 is 14.2 Å². The maximum atomic E-state index is 5.88. The van der Waals surface area contributed by atoms with Gasteiger partial charge in [-0.05, 0) is 26.7 Å². The van der Waals surface area contributed by atoms with E-state index in [1.807, 2.05) is 13.8 Å². The summed E-state index contributed by atoms with van der Waals surface area (Å²) in [6, 6.07) is 0. The minimum atomic E-state index is -0.372. The zero-order valence-corrected chi connectivity index (χ0v) is 8.16. The van der Waals surface area contributed by atoms with Crippen LogP contribution in [0.25, 0.3) is 0 Å². The van der Waals surface area contributed by atoms with Gasteiger partial charge in [0, 0.05) is 5.92 Å². The van der Waals surface area contributed by atoms with E-state index in [-0.39, 0.29) is 5.79 Å². The highest BCUT2D eigenvalue weighted by Gasteiger charge is 2.53. The molecule has 3 nitrogen and oxygen atoms in total. The van der Waals surface area contributed by atoms with Crippen molar-refractivity contribution in [2.45, 2.75) is 50.8 Å². The maximum Gasteiger partial charge on any atom is 0.163 e. The van der Waals surface area contributed by atoms with E-state index in [4.69, 9.17) is 14.2 Å². The van der Waals surface area contributed by atoms with Crippen LogP contribution in [0.2, 0.25) is 0 Å². The minimum Gasteiger partial charge on any atom is -0.373 e. The van der Waals surface area contributed by atoms with Crippen molar-refractivity contribution >= 4 is 0 Å². The van der Waals surface area contributed by atoms with Crippen molar-refractivity contribution in [3.05, 3.63) is 0 Å². The molecule has 3 unspecified atom stereocenters. The van der Waals surface area contributed by atoms with Gasteiger partial charge in [0.1, 0.15) is 0 Å². The lowest BCUT2D eigenvalue weighted by Gasteiger charge is -2.20. The Hall–Kier alpha value is -0.120. The lowest BCUT2D eigenvalue weighted by molar-refractivity contribution is -0.156. The van der Waals surface area contributed by atoms with Crippen molar-refractivity contribution in [3.8, 4) is 0 Å². The number of ether oxygens (including phenoxy) is 3. The van der Waals surface area contributed by atoms with Crippen molar-refractivity contribution in [2.75, 3.05) is 6.61 Å². The van der Waals surface area contributed by atoms with Crippen molar-refractivity contribution in [1.82, 2.24) is 0 Å². The zero-order chi connectivity index (χ0) is 9.05. The first kappa shape index (κ1) is 8.21. The van der Waals surface area contributed by atoms with Gasteiger partial charge in [-0.1, -0.05) is 0 Å². The number of hydrogen-bond donors (Lipinski definition) is 0. The Balaban J connectivity index is 1.76. The van der Waals surface area contributed by atoms with Gasteiger partial charge in [-0.3, -0.25) is 0 Å². The second-order valence-corrected chi connectivity index (χ2v) is 4.75. The van der Waals surface area contributed by atoms with Gasteiger partial charge in [-0.25, -0.2) is 0 Å². The molecule has 0 amide bonds. The standard InChI is InChI=1S/C10H16O3/c1-10(2)12-7-4-3-6(8-5-11-8)9(7)13-10/h6-9H,3-5H2,1-2H3/t6-,7?,8?,9?/m0/s1. The van der Waals surface area contributed by atoms with E-state index in [1.54, 1.807) is 0 Å². The first-order valence-corrected chi connectivity index (χ1v) is 5.13. The van der Waals surface area contributed by atoms with E-state index >= 15 is 0 Å². The number of epoxide rings is 1. The summed E-state index contributed by atoms with van der Waals surface area (Å²) in [6.07, 6.45) is 3.42. The summed E-state index contributed by atoms with van der Waals surface area (Å²) in [5.41, 5.74) is 0. The average molecular weight is 184 g/mol. The first-order valence-electron chi connectivity index (χ1n) is 5.13. The molecule has 13 heavy (non-hydrogen) atoms. The molecule has 0 aromatic rings. The third-order valence-electron chi connectivity index (χ3n) is 3.26. The van der Waals surface area contributed by atoms with Crippen LogP contribution in [0.4, 0.5) is 0 Å². The molecule has 0 bridgehead atoms. The summed E-state index contributed by atoms with van der Waals surface area (Å²) in [7, 11) is 0. The SMILES string of the molecule is CC1(C)OC2CC[C@@H](C3CO3)C2O1. The molecule has 0 aromatic heterocycles. The lowest BCUT2D eigenvalue weighted by atomic mass is 10.0. The predicted molar refractivity (Wildman–Crippen MR) is 46.3 cm³/mol. The van der Waals surface area contributed by atoms with E-state index in [2.05, 4.69) is 0 Å². The van der Waals surface area contributed by atoms with Gasteiger partial charge in [0.05, 0.1) is 24.9 Å². The van der Waals surface area contributed by atoms with Gasteiger partial charge >= 0.3 is 0 Å². The van der Waals surface area contributed by atoms with Gasteiger partial charge in [-0.2, -0.15) is 0 Å². The average Bonchev–Trinajstić information content (AvgIpc) is 2.72. The Bertz CT molecular complexity index is 222. The highest BCUT2D eigenvalue weighted by Crippen LogP contribution is 2.45. The summed E-state index contributed by atoms with van der Waals surface area (Å²) in [5, 5.41) is 0. The molecule has 3 aliphatic rings. The van der Waals surface area contributed by atoms with E-state index in [1.165, 1.54) is 6.42 Å². The molecule has 1 aliphatic carbocycles. The molecule has 0 radical (unpaired) electrons. The minimum absolute atomic E-state index is 0.294. The maximum absolute atomic E-state index is 5.88. The largest absolute Gasteiger partial charge is 0.373 e. The monoisotopic (exact) mass is 184 g/mol. The fraction of sp³-hybridized carbons (Fsp3) is 1.00. The van der Waals surface area contributed by atoms with Crippen LogP contribution in [0.15, 0.2) is 0 Å². The summed E-state index contributed by atoms with van der Waals surface area (Å²) in [6.45, 7) is 4.92. The molecule has 4 atom stereocenters. The molecule has 3 rings (SSSR count). The second kappa shape index (κ2) is 2.47. The van der Waals surface area contributed by atoms with Crippen LogP contribution in [0.1, 0.15) is 26.7 Å². The Labute approximate surface area is 78.3 Å².